The lowest BCUT2D eigenvalue weighted by Gasteiger charge is -2.40. The number of fused-ring (bicyclic) bond motifs is 2. The maximum Gasteiger partial charge on any atom is 0.410 e. The number of hydrogen-bond donors (Lipinski definition) is 0. The summed E-state index contributed by atoms with van der Waals surface area (Å²) in [6.45, 7) is 19.0. The molecule has 4 heterocycles. The first kappa shape index (κ1) is 32.9. The van der Waals surface area contributed by atoms with Crippen LogP contribution in [0.15, 0.2) is 42.7 Å². The lowest BCUT2D eigenvalue weighted by molar-refractivity contribution is 0.0118. The van der Waals surface area contributed by atoms with Crippen LogP contribution in [0.1, 0.15) is 60.7 Å². The summed E-state index contributed by atoms with van der Waals surface area (Å²) in [6.07, 6.45) is 5.74. The van der Waals surface area contributed by atoms with Gasteiger partial charge in [0.25, 0.3) is 0 Å². The van der Waals surface area contributed by atoms with Gasteiger partial charge in [0, 0.05) is 57.7 Å². The summed E-state index contributed by atoms with van der Waals surface area (Å²) in [7, 11) is -1.21. The number of rotatable bonds is 8. The van der Waals surface area contributed by atoms with Crippen molar-refractivity contribution in [2.75, 3.05) is 39.4 Å². The monoisotopic (exact) mass is 663 g/mol. The zero-order valence-corrected chi connectivity index (χ0v) is 29.9. The quantitative estimate of drug-likeness (QED) is 0.146. The zero-order chi connectivity index (χ0) is 32.9. The third-order valence-electron chi connectivity index (χ3n) is 8.92. The first-order valence-corrected chi connectivity index (χ1v) is 20.3. The lowest BCUT2D eigenvalue weighted by Crippen LogP contribution is -2.51. The molecular formula is C35H46ClN5O4Si. The van der Waals surface area contributed by atoms with Crippen molar-refractivity contribution < 1.29 is 19.0 Å². The SMILES string of the molecule is Cc1ncc(C2(C3=Cc4cccnc4[C@@H](N4CCN(C(=O)OC(C)(C)C)CC4)c4ccc(Cl)cc43)CO2)n1COCC[Si](C)(C)C. The summed E-state index contributed by atoms with van der Waals surface area (Å²) in [4.78, 5) is 26.7. The first-order chi connectivity index (χ1) is 21.8. The number of benzene rings is 1. The normalized spacial score (nSPS) is 21.7. The van der Waals surface area contributed by atoms with E-state index in [1.54, 1.807) is 4.90 Å². The minimum atomic E-state index is -1.21. The highest BCUT2D eigenvalue weighted by molar-refractivity contribution is 6.76. The van der Waals surface area contributed by atoms with Crippen LogP contribution in [0.4, 0.5) is 4.79 Å². The van der Waals surface area contributed by atoms with E-state index in [0.717, 1.165) is 52.1 Å². The predicted molar refractivity (Wildman–Crippen MR) is 183 cm³/mol. The molecule has 9 nitrogen and oxygen atoms in total. The van der Waals surface area contributed by atoms with Crippen LogP contribution >= 0.6 is 11.6 Å². The molecule has 1 unspecified atom stereocenters. The van der Waals surface area contributed by atoms with Gasteiger partial charge in [0.2, 0.25) is 0 Å². The van der Waals surface area contributed by atoms with Crippen molar-refractivity contribution in [3.8, 4) is 0 Å². The van der Waals surface area contributed by atoms with Gasteiger partial charge in [-0.25, -0.2) is 9.78 Å². The van der Waals surface area contributed by atoms with E-state index in [1.165, 1.54) is 0 Å². The standard InChI is InChI=1S/C35H46ClN5O4Si/c1-24-38-21-30(41(24)23-43-17-18-46(5,6)7)35(22-44-35)29-19-25-9-8-12-37-31(25)32(27-11-10-26(36)20-28(27)29)39-13-15-40(16-14-39)33(42)45-34(2,3)4/h8-12,19-21,32H,13-18,22-23H2,1-7H3/t32-,35?/m0/s1. The smallest absolute Gasteiger partial charge is 0.410 e. The van der Waals surface area contributed by atoms with E-state index in [9.17, 15) is 4.79 Å². The maximum atomic E-state index is 12.9. The molecule has 0 saturated carbocycles. The number of hydrogen-bond acceptors (Lipinski definition) is 7. The molecule has 2 fully saturated rings. The molecule has 2 atom stereocenters. The van der Waals surface area contributed by atoms with Crippen molar-refractivity contribution in [2.24, 2.45) is 0 Å². The molecule has 2 aromatic heterocycles. The number of aromatic nitrogens is 3. The summed E-state index contributed by atoms with van der Waals surface area (Å²) >= 11 is 6.73. The average Bonchev–Trinajstić information content (AvgIpc) is 3.72. The second-order valence-corrected chi connectivity index (χ2v) is 20.8. The van der Waals surface area contributed by atoms with E-state index in [0.29, 0.717) is 44.5 Å². The highest BCUT2D eigenvalue weighted by atomic mass is 35.5. The summed E-state index contributed by atoms with van der Waals surface area (Å²) in [5, 5.41) is 0.659. The van der Waals surface area contributed by atoms with Crippen LogP contribution in [-0.2, 0) is 26.5 Å². The van der Waals surface area contributed by atoms with Crippen molar-refractivity contribution in [3.05, 3.63) is 81.7 Å². The van der Waals surface area contributed by atoms with Crippen LogP contribution < -0.4 is 0 Å². The van der Waals surface area contributed by atoms with Crippen LogP contribution in [0.5, 0.6) is 0 Å². The number of aryl methyl sites for hydroxylation is 1. The van der Waals surface area contributed by atoms with Gasteiger partial charge >= 0.3 is 6.09 Å². The number of epoxide rings is 1. The van der Waals surface area contributed by atoms with E-state index in [4.69, 9.17) is 35.8 Å². The van der Waals surface area contributed by atoms with Gasteiger partial charge < -0.3 is 23.7 Å². The molecule has 6 rings (SSSR count). The Kier molecular flexibility index (Phi) is 8.97. The van der Waals surface area contributed by atoms with Crippen LogP contribution in [0.2, 0.25) is 30.7 Å². The molecule has 3 aromatic rings. The highest BCUT2D eigenvalue weighted by Crippen LogP contribution is 2.54. The second kappa shape index (κ2) is 12.5. The number of piperazine rings is 1. The molecule has 0 radical (unpaired) electrons. The van der Waals surface area contributed by atoms with E-state index < -0.39 is 19.3 Å². The van der Waals surface area contributed by atoms with Gasteiger partial charge in [0.1, 0.15) is 18.2 Å². The molecule has 0 spiro atoms. The predicted octanol–water partition coefficient (Wildman–Crippen LogP) is 6.97. The first-order valence-electron chi connectivity index (χ1n) is 16.2. The third kappa shape index (κ3) is 6.82. The Balaban J connectivity index is 1.35. The van der Waals surface area contributed by atoms with Gasteiger partial charge in [-0.2, -0.15) is 0 Å². The number of carbonyl (C=O) groups excluding carboxylic acids is 1. The van der Waals surface area contributed by atoms with Gasteiger partial charge in [0.05, 0.1) is 30.2 Å². The largest absolute Gasteiger partial charge is 0.444 e. The molecule has 2 saturated heterocycles. The average molecular weight is 664 g/mol. The number of nitrogens with zero attached hydrogens (tertiary/aromatic N) is 5. The van der Waals surface area contributed by atoms with Gasteiger partial charge in [-0.05, 0) is 74.7 Å². The lowest BCUT2D eigenvalue weighted by atomic mass is 9.86. The Bertz CT molecular complexity index is 1630. The van der Waals surface area contributed by atoms with Crippen molar-refractivity contribution >= 4 is 37.4 Å². The fourth-order valence-electron chi connectivity index (χ4n) is 6.36. The minimum Gasteiger partial charge on any atom is -0.444 e. The van der Waals surface area contributed by atoms with E-state index in [1.807, 2.05) is 52.2 Å². The molecular weight excluding hydrogens is 618 g/mol. The highest BCUT2D eigenvalue weighted by Gasteiger charge is 2.54. The summed E-state index contributed by atoms with van der Waals surface area (Å²) < 4.78 is 20.5. The van der Waals surface area contributed by atoms with Crippen LogP contribution in [0.3, 0.4) is 0 Å². The van der Waals surface area contributed by atoms with Crippen LogP contribution in [0, 0.1) is 6.92 Å². The molecule has 0 bridgehead atoms. The number of amides is 1. The Labute approximate surface area is 278 Å². The molecule has 246 valence electrons. The van der Waals surface area contributed by atoms with E-state index in [2.05, 4.69) is 53.4 Å². The number of pyridine rings is 1. The number of imidazole rings is 1. The molecule has 0 N–H and O–H groups in total. The third-order valence-corrected chi connectivity index (χ3v) is 10.9. The van der Waals surface area contributed by atoms with Crippen molar-refractivity contribution in [1.29, 1.82) is 0 Å². The van der Waals surface area contributed by atoms with Gasteiger partial charge in [-0.3, -0.25) is 9.88 Å². The second-order valence-electron chi connectivity index (χ2n) is 14.8. The fourth-order valence-corrected chi connectivity index (χ4v) is 7.28. The Morgan fingerprint density at radius 2 is 1.87 bits per heavy atom. The number of halogens is 1. The summed E-state index contributed by atoms with van der Waals surface area (Å²) in [6, 6.07) is 11.2. The van der Waals surface area contributed by atoms with Gasteiger partial charge in [-0.15, -0.1) is 0 Å². The van der Waals surface area contributed by atoms with E-state index in [-0.39, 0.29) is 12.1 Å². The van der Waals surface area contributed by atoms with Gasteiger partial charge in [0.15, 0.2) is 5.60 Å². The minimum absolute atomic E-state index is 0.134. The van der Waals surface area contributed by atoms with Crippen molar-refractivity contribution in [2.45, 2.75) is 77.4 Å². The molecule has 1 aliphatic carbocycles. The Hall–Kier alpha value is -3.02. The van der Waals surface area contributed by atoms with Crippen molar-refractivity contribution in [3.63, 3.8) is 0 Å². The fraction of sp³-hybridized carbons (Fsp3) is 0.514. The molecule has 3 aliphatic rings. The zero-order valence-electron chi connectivity index (χ0n) is 28.1. The maximum absolute atomic E-state index is 12.9. The molecule has 1 aromatic carbocycles. The Morgan fingerprint density at radius 3 is 2.54 bits per heavy atom. The molecule has 2 aliphatic heterocycles. The van der Waals surface area contributed by atoms with E-state index >= 15 is 0 Å². The molecule has 11 heteroatoms. The topological polar surface area (TPSA) is 85.3 Å². The van der Waals surface area contributed by atoms with Gasteiger partial charge in [-0.1, -0.05) is 43.4 Å². The number of carbonyl (C=O) groups is 1. The summed E-state index contributed by atoms with van der Waals surface area (Å²) in [5.41, 5.74) is 4.95. The molecule has 46 heavy (non-hydrogen) atoms. The number of ether oxygens (including phenoxy) is 3. The summed E-state index contributed by atoms with van der Waals surface area (Å²) in [5.74, 6) is 0.890. The van der Waals surface area contributed by atoms with Crippen molar-refractivity contribution in [1.82, 2.24) is 24.3 Å². The van der Waals surface area contributed by atoms with Crippen LogP contribution in [-0.4, -0.2) is 83.5 Å². The Morgan fingerprint density at radius 1 is 1.13 bits per heavy atom. The molecule has 1 amide bonds. The van der Waals surface area contributed by atoms with Crippen LogP contribution in [0.25, 0.3) is 11.6 Å².